The number of rotatable bonds is 2. The summed E-state index contributed by atoms with van der Waals surface area (Å²) in [6, 6.07) is 5.23. The van der Waals surface area contributed by atoms with Gasteiger partial charge in [-0.15, -0.1) is 0 Å². The Kier molecular flexibility index (Phi) is 3.56. The molecule has 0 amide bonds. The number of halogens is 2. The summed E-state index contributed by atoms with van der Waals surface area (Å²) >= 11 is 0. The Hall–Kier alpha value is -1.51. The summed E-state index contributed by atoms with van der Waals surface area (Å²) < 4.78 is 39.0. The van der Waals surface area contributed by atoms with E-state index in [0.29, 0.717) is 5.82 Å². The number of H-pyrrole nitrogens is 1. The number of imidazole rings is 1. The summed E-state index contributed by atoms with van der Waals surface area (Å²) in [6.45, 7) is 7.71. The molecule has 0 unspecified atom stereocenters. The third-order valence-electron chi connectivity index (χ3n) is 5.49. The largest absolute Gasteiger partial charge is 0.494 e. The normalized spacial score (nSPS) is 27.3. The fraction of sp³-hybridized carbons (Fsp3) is 0.588. The zero-order valence-corrected chi connectivity index (χ0v) is 14.8. The number of aromatic amines is 1. The van der Waals surface area contributed by atoms with E-state index in [1.807, 2.05) is 45.9 Å². The molecule has 0 radical (unpaired) electrons. The minimum Gasteiger partial charge on any atom is -0.399 e. The average molecular weight is 349 g/mol. The number of benzene rings is 1. The van der Waals surface area contributed by atoms with Crippen LogP contribution in [0.15, 0.2) is 18.2 Å². The Labute approximate surface area is 145 Å². The van der Waals surface area contributed by atoms with Crippen molar-refractivity contribution in [3.8, 4) is 0 Å². The molecule has 0 saturated carbocycles. The highest BCUT2D eigenvalue weighted by Crippen LogP contribution is 2.37. The van der Waals surface area contributed by atoms with Crippen LogP contribution in [0.4, 0.5) is 8.78 Å². The van der Waals surface area contributed by atoms with E-state index < -0.39 is 30.3 Å². The predicted molar refractivity (Wildman–Crippen MR) is 92.1 cm³/mol. The van der Waals surface area contributed by atoms with Crippen molar-refractivity contribution >= 4 is 23.6 Å². The lowest BCUT2D eigenvalue weighted by Crippen LogP contribution is -2.41. The predicted octanol–water partition coefficient (Wildman–Crippen LogP) is 2.53. The molecule has 4 rings (SSSR count). The number of nitrogens with one attached hydrogen (secondary N) is 2. The van der Waals surface area contributed by atoms with Crippen molar-refractivity contribution in [1.82, 2.24) is 15.3 Å². The average Bonchev–Trinajstić information content (AvgIpc) is 3.12. The first-order chi connectivity index (χ1) is 11.6. The van der Waals surface area contributed by atoms with Crippen LogP contribution in [0.1, 0.15) is 46.0 Å². The molecule has 2 aliphatic heterocycles. The van der Waals surface area contributed by atoms with Gasteiger partial charge in [-0.2, -0.15) is 0 Å². The summed E-state index contributed by atoms with van der Waals surface area (Å²) in [5.41, 5.74) is 1.59. The molecule has 1 atom stereocenters. The van der Waals surface area contributed by atoms with Crippen molar-refractivity contribution in [1.29, 1.82) is 0 Å². The zero-order chi connectivity index (χ0) is 18.0. The molecule has 8 heteroatoms. The summed E-state index contributed by atoms with van der Waals surface area (Å²) in [7, 11) is -0.463. The van der Waals surface area contributed by atoms with Crippen molar-refractivity contribution in [2.24, 2.45) is 0 Å². The molecule has 25 heavy (non-hydrogen) atoms. The summed E-state index contributed by atoms with van der Waals surface area (Å²) in [5.74, 6) is -2.14. The van der Waals surface area contributed by atoms with Crippen molar-refractivity contribution in [2.45, 2.75) is 57.3 Å². The molecule has 5 nitrogen and oxygen atoms in total. The first kappa shape index (κ1) is 16.9. The van der Waals surface area contributed by atoms with Crippen molar-refractivity contribution in [3.05, 3.63) is 24.0 Å². The zero-order valence-electron chi connectivity index (χ0n) is 14.8. The molecular formula is C17H22BF2N3O2. The third kappa shape index (κ3) is 2.86. The third-order valence-corrected chi connectivity index (χ3v) is 5.49. The minimum atomic E-state index is -2.68. The summed E-state index contributed by atoms with van der Waals surface area (Å²) in [5, 5.41) is 2.82. The maximum absolute atomic E-state index is 13.4. The Morgan fingerprint density at radius 3 is 2.44 bits per heavy atom. The van der Waals surface area contributed by atoms with E-state index in [-0.39, 0.29) is 13.0 Å². The highest BCUT2D eigenvalue weighted by molar-refractivity contribution is 6.62. The van der Waals surface area contributed by atoms with Crippen LogP contribution in [0.25, 0.3) is 11.0 Å². The molecule has 2 aliphatic rings. The molecule has 0 spiro atoms. The van der Waals surface area contributed by atoms with Crippen molar-refractivity contribution < 1.29 is 18.1 Å². The van der Waals surface area contributed by atoms with Gasteiger partial charge in [0, 0.05) is 6.42 Å². The van der Waals surface area contributed by atoms with Gasteiger partial charge >= 0.3 is 7.12 Å². The number of hydrogen-bond acceptors (Lipinski definition) is 4. The topological polar surface area (TPSA) is 59.2 Å². The minimum absolute atomic E-state index is 0.239. The van der Waals surface area contributed by atoms with Gasteiger partial charge in [-0.25, -0.2) is 13.8 Å². The highest BCUT2D eigenvalue weighted by atomic mass is 19.3. The van der Waals surface area contributed by atoms with E-state index in [0.717, 1.165) is 16.5 Å². The molecule has 0 bridgehead atoms. The Morgan fingerprint density at radius 2 is 1.84 bits per heavy atom. The highest BCUT2D eigenvalue weighted by Gasteiger charge is 2.51. The molecule has 1 aromatic carbocycles. The first-order valence-electron chi connectivity index (χ1n) is 8.53. The van der Waals surface area contributed by atoms with Gasteiger partial charge in [-0.1, -0.05) is 6.07 Å². The van der Waals surface area contributed by atoms with E-state index in [4.69, 9.17) is 9.31 Å². The van der Waals surface area contributed by atoms with Gasteiger partial charge in [0.1, 0.15) is 5.82 Å². The van der Waals surface area contributed by atoms with Gasteiger partial charge in [-0.3, -0.25) is 0 Å². The Bertz CT molecular complexity index is 805. The number of hydrogen-bond donors (Lipinski definition) is 2. The lowest BCUT2D eigenvalue weighted by molar-refractivity contribution is 0.00578. The van der Waals surface area contributed by atoms with Crippen LogP contribution in [-0.4, -0.2) is 40.8 Å². The fourth-order valence-electron chi connectivity index (χ4n) is 3.25. The lowest BCUT2D eigenvalue weighted by atomic mass is 9.79. The standard InChI is InChI=1S/C17H22BF2N3O2/c1-15(2)16(3,4)25-18(24-15)10-5-6-11-12(7-10)23-14(22-11)13-8-17(19,20)9-21-13/h5-7,13,21H,8-9H2,1-4H3,(H,22,23)/t13-/m0/s1. The van der Waals surface area contributed by atoms with Crippen LogP contribution < -0.4 is 10.8 Å². The quantitative estimate of drug-likeness (QED) is 0.818. The van der Waals surface area contributed by atoms with Gasteiger partial charge in [-0.05, 0) is 45.3 Å². The smallest absolute Gasteiger partial charge is 0.399 e. The van der Waals surface area contributed by atoms with E-state index in [2.05, 4.69) is 15.3 Å². The second-order valence-corrected chi connectivity index (χ2v) is 7.98. The van der Waals surface area contributed by atoms with E-state index in [1.54, 1.807) is 0 Å². The number of alkyl halides is 2. The molecule has 0 aliphatic carbocycles. The molecule has 2 aromatic rings. The number of nitrogens with zero attached hydrogens (tertiary/aromatic N) is 1. The van der Waals surface area contributed by atoms with Gasteiger partial charge in [0.2, 0.25) is 0 Å². The van der Waals surface area contributed by atoms with Crippen LogP contribution in [0.3, 0.4) is 0 Å². The molecule has 134 valence electrons. The fourth-order valence-corrected chi connectivity index (χ4v) is 3.25. The monoisotopic (exact) mass is 349 g/mol. The van der Waals surface area contributed by atoms with E-state index in [9.17, 15) is 8.78 Å². The van der Waals surface area contributed by atoms with Gasteiger partial charge in [0.15, 0.2) is 0 Å². The number of aromatic nitrogens is 2. The SMILES string of the molecule is CC1(C)OB(c2ccc3nc([C@@H]4CC(F)(F)CN4)[nH]c3c2)OC1(C)C. The van der Waals surface area contributed by atoms with Gasteiger partial charge in [0.25, 0.3) is 5.92 Å². The van der Waals surface area contributed by atoms with Crippen molar-refractivity contribution in [2.75, 3.05) is 6.54 Å². The second-order valence-electron chi connectivity index (χ2n) is 7.98. The summed E-state index contributed by atoms with van der Waals surface area (Å²) in [6.07, 6.45) is -0.239. The van der Waals surface area contributed by atoms with Crippen LogP contribution >= 0.6 is 0 Å². The second kappa shape index (κ2) is 5.25. The Balaban J connectivity index is 1.61. The number of fused-ring (bicyclic) bond motifs is 1. The van der Waals surface area contributed by atoms with Gasteiger partial charge < -0.3 is 19.6 Å². The molecule has 2 saturated heterocycles. The first-order valence-corrected chi connectivity index (χ1v) is 8.53. The molecule has 2 fully saturated rings. The molecular weight excluding hydrogens is 327 g/mol. The lowest BCUT2D eigenvalue weighted by Gasteiger charge is -2.32. The van der Waals surface area contributed by atoms with E-state index in [1.165, 1.54) is 0 Å². The Morgan fingerprint density at radius 1 is 1.16 bits per heavy atom. The van der Waals surface area contributed by atoms with Crippen LogP contribution in [0.5, 0.6) is 0 Å². The molecule has 2 N–H and O–H groups in total. The van der Waals surface area contributed by atoms with Crippen LogP contribution in [0, 0.1) is 0 Å². The maximum Gasteiger partial charge on any atom is 0.494 e. The maximum atomic E-state index is 13.4. The van der Waals surface area contributed by atoms with Crippen molar-refractivity contribution in [3.63, 3.8) is 0 Å². The molecule has 1 aromatic heterocycles. The van der Waals surface area contributed by atoms with Gasteiger partial charge in [0.05, 0.1) is 34.8 Å². The van der Waals surface area contributed by atoms with Crippen LogP contribution in [0.2, 0.25) is 0 Å². The summed E-state index contributed by atoms with van der Waals surface area (Å²) in [4.78, 5) is 7.61. The van der Waals surface area contributed by atoms with Crippen LogP contribution in [-0.2, 0) is 9.31 Å². The van der Waals surface area contributed by atoms with E-state index >= 15 is 0 Å². The molecule has 3 heterocycles.